The second-order valence-electron chi connectivity index (χ2n) is 8.30. The SMILES string of the molecule is Cn1cnnc1CC1(c2cccc(-c3nc4cccc(C(F)(F)F)c4o3)c2)CC(C#N)C1. The van der Waals surface area contributed by atoms with Crippen LogP contribution in [0.1, 0.15) is 29.8 Å². The van der Waals surface area contributed by atoms with Gasteiger partial charge >= 0.3 is 6.18 Å². The minimum Gasteiger partial charge on any atom is -0.435 e. The molecule has 0 unspecified atom stereocenters. The molecule has 0 bridgehead atoms. The fourth-order valence-electron chi connectivity index (χ4n) is 4.50. The molecular weight excluding hydrogens is 419 g/mol. The Kier molecular flexibility index (Phi) is 4.55. The number of halogens is 3. The zero-order valence-electron chi connectivity index (χ0n) is 17.1. The fraction of sp³-hybridized carbons (Fsp3) is 0.304. The maximum absolute atomic E-state index is 13.4. The van der Waals surface area contributed by atoms with E-state index in [1.165, 1.54) is 12.1 Å². The van der Waals surface area contributed by atoms with Crippen LogP contribution in [0.3, 0.4) is 0 Å². The first-order chi connectivity index (χ1) is 15.3. The monoisotopic (exact) mass is 437 g/mol. The lowest BCUT2D eigenvalue weighted by Crippen LogP contribution is -2.43. The summed E-state index contributed by atoms with van der Waals surface area (Å²) in [7, 11) is 1.87. The van der Waals surface area contributed by atoms with E-state index in [0.29, 0.717) is 24.8 Å². The van der Waals surface area contributed by atoms with E-state index in [-0.39, 0.29) is 28.3 Å². The lowest BCUT2D eigenvalue weighted by atomic mass is 9.57. The first-order valence-electron chi connectivity index (χ1n) is 10.1. The molecule has 1 fully saturated rings. The van der Waals surface area contributed by atoms with E-state index in [1.807, 2.05) is 29.8 Å². The van der Waals surface area contributed by atoms with Crippen LogP contribution in [-0.4, -0.2) is 19.7 Å². The van der Waals surface area contributed by atoms with Crippen LogP contribution in [0.4, 0.5) is 13.2 Å². The molecule has 1 saturated carbocycles. The molecule has 32 heavy (non-hydrogen) atoms. The molecule has 4 aromatic rings. The van der Waals surface area contributed by atoms with Gasteiger partial charge in [-0.3, -0.25) is 0 Å². The van der Waals surface area contributed by atoms with Gasteiger partial charge in [0.25, 0.3) is 0 Å². The van der Waals surface area contributed by atoms with Crippen LogP contribution in [0.2, 0.25) is 0 Å². The van der Waals surface area contributed by atoms with Gasteiger partial charge in [-0.1, -0.05) is 18.2 Å². The van der Waals surface area contributed by atoms with Crippen LogP contribution >= 0.6 is 0 Å². The number of rotatable bonds is 4. The van der Waals surface area contributed by atoms with Crippen LogP contribution in [-0.2, 0) is 25.1 Å². The van der Waals surface area contributed by atoms with Gasteiger partial charge in [0, 0.05) is 30.4 Å². The summed E-state index contributed by atoms with van der Waals surface area (Å²) in [6.07, 6.45) is -0.943. The zero-order valence-corrected chi connectivity index (χ0v) is 17.1. The maximum atomic E-state index is 13.4. The quantitative estimate of drug-likeness (QED) is 0.446. The Balaban J connectivity index is 1.55. The molecule has 0 atom stereocenters. The summed E-state index contributed by atoms with van der Waals surface area (Å²) in [5, 5.41) is 17.5. The third-order valence-corrected chi connectivity index (χ3v) is 6.20. The highest BCUT2D eigenvalue weighted by atomic mass is 19.4. The standard InChI is InChI=1S/C23H18F3N5O/c1-31-13-28-30-19(31)11-22(9-14(10-22)12-27)16-5-2-4-15(8-16)21-29-18-7-3-6-17(20(18)32-21)23(24,25)26/h2-8,13-14H,9-11H2,1H3. The largest absolute Gasteiger partial charge is 0.435 e. The van der Waals surface area contributed by atoms with Gasteiger partial charge in [0.2, 0.25) is 5.89 Å². The average molecular weight is 437 g/mol. The third-order valence-electron chi connectivity index (χ3n) is 6.20. The minimum atomic E-state index is -4.53. The molecule has 5 rings (SSSR count). The van der Waals surface area contributed by atoms with E-state index in [1.54, 1.807) is 12.4 Å². The number of oxazole rings is 1. The summed E-state index contributed by atoms with van der Waals surface area (Å²) in [6, 6.07) is 13.6. The number of aryl methyl sites for hydroxylation is 1. The van der Waals surface area contributed by atoms with E-state index in [2.05, 4.69) is 21.3 Å². The molecule has 2 heterocycles. The summed E-state index contributed by atoms with van der Waals surface area (Å²) < 4.78 is 47.5. The van der Waals surface area contributed by atoms with Crippen LogP contribution in [0.5, 0.6) is 0 Å². The molecule has 1 aliphatic carbocycles. The van der Waals surface area contributed by atoms with Crippen molar-refractivity contribution >= 4 is 11.1 Å². The predicted molar refractivity (Wildman–Crippen MR) is 109 cm³/mol. The fourth-order valence-corrected chi connectivity index (χ4v) is 4.50. The van der Waals surface area contributed by atoms with Crippen LogP contribution in [0.15, 0.2) is 53.2 Å². The van der Waals surface area contributed by atoms with Gasteiger partial charge in [-0.2, -0.15) is 18.4 Å². The molecule has 1 aliphatic rings. The van der Waals surface area contributed by atoms with Crippen molar-refractivity contribution in [3.05, 3.63) is 65.7 Å². The molecule has 0 saturated heterocycles. The van der Waals surface area contributed by atoms with Crippen molar-refractivity contribution in [2.24, 2.45) is 13.0 Å². The van der Waals surface area contributed by atoms with Crippen molar-refractivity contribution in [2.45, 2.75) is 30.9 Å². The Morgan fingerprint density at radius 1 is 1.22 bits per heavy atom. The first-order valence-corrected chi connectivity index (χ1v) is 10.1. The minimum absolute atomic E-state index is 0.0504. The zero-order chi connectivity index (χ0) is 22.5. The normalized spacial score (nSPS) is 20.8. The molecule has 0 aliphatic heterocycles. The average Bonchev–Trinajstić information content (AvgIpc) is 3.35. The van der Waals surface area contributed by atoms with E-state index in [4.69, 9.17) is 4.42 Å². The Morgan fingerprint density at radius 3 is 2.69 bits per heavy atom. The van der Waals surface area contributed by atoms with Gasteiger partial charge in [-0.15, -0.1) is 10.2 Å². The number of alkyl halides is 3. The van der Waals surface area contributed by atoms with E-state index < -0.39 is 11.7 Å². The predicted octanol–water partition coefficient (Wildman–Crippen LogP) is 5.06. The molecule has 0 spiro atoms. The lowest BCUT2D eigenvalue weighted by molar-refractivity contribution is -0.136. The molecule has 6 nitrogen and oxygen atoms in total. The number of benzene rings is 2. The van der Waals surface area contributed by atoms with E-state index >= 15 is 0 Å². The third kappa shape index (κ3) is 3.32. The van der Waals surface area contributed by atoms with Gasteiger partial charge in [-0.25, -0.2) is 4.98 Å². The highest BCUT2D eigenvalue weighted by Gasteiger charge is 2.46. The topological polar surface area (TPSA) is 80.5 Å². The summed E-state index contributed by atoms with van der Waals surface area (Å²) in [6.45, 7) is 0. The van der Waals surface area contributed by atoms with Crippen LogP contribution < -0.4 is 0 Å². The van der Waals surface area contributed by atoms with Crippen molar-refractivity contribution in [1.29, 1.82) is 5.26 Å². The lowest BCUT2D eigenvalue weighted by Gasteiger charge is -2.45. The smallest absolute Gasteiger partial charge is 0.420 e. The molecule has 162 valence electrons. The molecular formula is C23H18F3N5O. The summed E-state index contributed by atoms with van der Waals surface area (Å²) in [5.41, 5.74) is 0.289. The van der Waals surface area contributed by atoms with E-state index in [9.17, 15) is 18.4 Å². The molecule has 2 aromatic heterocycles. The molecule has 9 heteroatoms. The first kappa shape index (κ1) is 20.2. The number of aromatic nitrogens is 4. The second-order valence-corrected chi connectivity index (χ2v) is 8.30. The Hall–Kier alpha value is -3.67. The van der Waals surface area contributed by atoms with Gasteiger partial charge < -0.3 is 8.98 Å². The van der Waals surface area contributed by atoms with Crippen LogP contribution in [0, 0.1) is 17.2 Å². The Labute approximate surface area is 181 Å². The van der Waals surface area contributed by atoms with Gasteiger partial charge in [0.1, 0.15) is 23.2 Å². The Morgan fingerprint density at radius 2 is 2.00 bits per heavy atom. The summed E-state index contributed by atoms with van der Waals surface area (Å²) >= 11 is 0. The maximum Gasteiger partial charge on any atom is 0.420 e. The van der Waals surface area contributed by atoms with Crippen molar-refractivity contribution in [2.75, 3.05) is 0 Å². The number of hydrogen-bond donors (Lipinski definition) is 0. The Bertz CT molecular complexity index is 1340. The van der Waals surface area contributed by atoms with Gasteiger partial charge in [0.05, 0.1) is 6.07 Å². The summed E-state index contributed by atoms with van der Waals surface area (Å²) in [4.78, 5) is 4.30. The van der Waals surface area contributed by atoms with Gasteiger partial charge in [-0.05, 0) is 42.7 Å². The van der Waals surface area contributed by atoms with Crippen molar-refractivity contribution < 1.29 is 17.6 Å². The van der Waals surface area contributed by atoms with Crippen LogP contribution in [0.25, 0.3) is 22.6 Å². The van der Waals surface area contributed by atoms with E-state index in [0.717, 1.165) is 17.5 Å². The van der Waals surface area contributed by atoms with Crippen molar-refractivity contribution in [3.63, 3.8) is 0 Å². The molecule has 0 N–H and O–H groups in total. The summed E-state index contributed by atoms with van der Waals surface area (Å²) in [5.74, 6) is 0.887. The number of para-hydroxylation sites is 1. The second kappa shape index (κ2) is 7.19. The highest BCUT2D eigenvalue weighted by molar-refractivity contribution is 5.80. The highest BCUT2D eigenvalue weighted by Crippen LogP contribution is 2.50. The van der Waals surface area contributed by atoms with Crippen molar-refractivity contribution in [3.8, 4) is 17.5 Å². The van der Waals surface area contributed by atoms with Gasteiger partial charge in [0.15, 0.2) is 5.58 Å². The molecule has 0 radical (unpaired) electrons. The number of fused-ring (bicyclic) bond motifs is 1. The molecule has 0 amide bonds. The number of nitriles is 1. The van der Waals surface area contributed by atoms with Crippen molar-refractivity contribution in [1.82, 2.24) is 19.7 Å². The number of hydrogen-bond acceptors (Lipinski definition) is 5. The molecule has 2 aromatic carbocycles. The number of nitrogens with zero attached hydrogens (tertiary/aromatic N) is 5.